The lowest BCUT2D eigenvalue weighted by atomic mass is 10.1. The van der Waals surface area contributed by atoms with E-state index in [1.165, 1.54) is 18.2 Å². The van der Waals surface area contributed by atoms with Crippen molar-refractivity contribution in [1.29, 1.82) is 0 Å². The first-order valence-electron chi connectivity index (χ1n) is 10.3. The Morgan fingerprint density at radius 2 is 1.64 bits per heavy atom. The van der Waals surface area contributed by atoms with E-state index < -0.39 is 27.8 Å². The van der Waals surface area contributed by atoms with Gasteiger partial charge in [0.15, 0.2) is 9.84 Å². The van der Waals surface area contributed by atoms with E-state index in [1.54, 1.807) is 61.5 Å². The second kappa shape index (κ2) is 10.3. The van der Waals surface area contributed by atoms with Gasteiger partial charge in [0.05, 0.1) is 22.8 Å². The zero-order valence-corrected chi connectivity index (χ0v) is 19.4. The number of nitrogens with one attached hydrogen (secondary N) is 1. The van der Waals surface area contributed by atoms with Gasteiger partial charge in [-0.15, -0.1) is 0 Å². The van der Waals surface area contributed by atoms with Gasteiger partial charge in [-0.3, -0.25) is 4.79 Å². The van der Waals surface area contributed by atoms with Gasteiger partial charge in [0.2, 0.25) is 6.10 Å². The third-order valence-corrected chi connectivity index (χ3v) is 5.98. The van der Waals surface area contributed by atoms with E-state index >= 15 is 0 Å². The number of anilines is 1. The van der Waals surface area contributed by atoms with Crippen LogP contribution in [0.3, 0.4) is 0 Å². The molecule has 0 radical (unpaired) electrons. The van der Waals surface area contributed by atoms with Crippen LogP contribution in [0, 0.1) is 6.92 Å². The molecule has 7 nitrogen and oxygen atoms in total. The van der Waals surface area contributed by atoms with Crippen LogP contribution in [0.4, 0.5) is 5.69 Å². The maximum Gasteiger partial charge on any atom is 0.339 e. The fourth-order valence-electron chi connectivity index (χ4n) is 3.17. The van der Waals surface area contributed by atoms with Crippen LogP contribution in [-0.2, 0) is 19.4 Å². The summed E-state index contributed by atoms with van der Waals surface area (Å²) in [6, 6.07) is 19.7. The number of hydrogen-bond acceptors (Lipinski definition) is 6. The van der Waals surface area contributed by atoms with E-state index in [0.29, 0.717) is 29.2 Å². The number of ether oxygens (including phenoxy) is 2. The maximum absolute atomic E-state index is 13.2. The average Bonchev–Trinajstić information content (AvgIpc) is 2.78. The molecule has 0 heterocycles. The fourth-order valence-corrected chi connectivity index (χ4v) is 3.82. The molecule has 0 spiro atoms. The molecule has 3 aromatic rings. The smallest absolute Gasteiger partial charge is 0.339 e. The first-order chi connectivity index (χ1) is 15.7. The molecular formula is C25H25NO6S. The lowest BCUT2D eigenvalue weighted by Gasteiger charge is -2.20. The number of esters is 1. The highest BCUT2D eigenvalue weighted by molar-refractivity contribution is 7.90. The molecule has 3 rings (SSSR count). The molecule has 172 valence electrons. The molecule has 1 atom stereocenters. The van der Waals surface area contributed by atoms with Gasteiger partial charge >= 0.3 is 5.97 Å². The molecule has 1 N–H and O–H groups in total. The van der Waals surface area contributed by atoms with Crippen LogP contribution >= 0.6 is 0 Å². The van der Waals surface area contributed by atoms with Crippen molar-refractivity contribution < 1.29 is 27.5 Å². The van der Waals surface area contributed by atoms with Gasteiger partial charge in [-0.2, -0.15) is 0 Å². The van der Waals surface area contributed by atoms with Gasteiger partial charge in [0.25, 0.3) is 5.91 Å². The summed E-state index contributed by atoms with van der Waals surface area (Å²) in [6.07, 6.45) is -0.210. The number of rotatable bonds is 8. The summed E-state index contributed by atoms with van der Waals surface area (Å²) >= 11 is 0. The minimum Gasteiger partial charge on any atom is -0.492 e. The van der Waals surface area contributed by atoms with E-state index in [-0.39, 0.29) is 10.5 Å². The number of hydrogen-bond donors (Lipinski definition) is 1. The standard InChI is InChI=1S/C25H25NO6S/c1-4-31-22-13-9-8-12-21(22)26-24(27)23(18-10-6-5-7-11-18)32-25(28)20-16-19(33(3,29)30)15-14-17(20)2/h5-16,23H,4H2,1-3H3,(H,26,27). The predicted octanol–water partition coefficient (Wildman–Crippen LogP) is 4.33. The first kappa shape index (κ1) is 24.0. The molecule has 1 amide bonds. The largest absolute Gasteiger partial charge is 0.492 e. The van der Waals surface area contributed by atoms with Crippen molar-refractivity contribution in [1.82, 2.24) is 0 Å². The number of para-hydroxylation sites is 2. The van der Waals surface area contributed by atoms with Crippen molar-refractivity contribution in [2.24, 2.45) is 0 Å². The Kier molecular flexibility index (Phi) is 7.50. The van der Waals surface area contributed by atoms with Gasteiger partial charge < -0.3 is 14.8 Å². The van der Waals surface area contributed by atoms with Crippen LogP contribution in [0.2, 0.25) is 0 Å². The number of carbonyl (C=O) groups excluding carboxylic acids is 2. The van der Waals surface area contributed by atoms with Crippen molar-refractivity contribution in [3.8, 4) is 5.75 Å². The third kappa shape index (κ3) is 5.98. The minimum absolute atomic E-state index is 0.00796. The SMILES string of the molecule is CCOc1ccccc1NC(=O)C(OC(=O)c1cc(S(C)(=O)=O)ccc1C)c1ccccc1. The molecule has 1 unspecified atom stereocenters. The van der Waals surface area contributed by atoms with Crippen molar-refractivity contribution in [3.63, 3.8) is 0 Å². The highest BCUT2D eigenvalue weighted by Gasteiger charge is 2.27. The van der Waals surface area contributed by atoms with Gasteiger partial charge in [-0.1, -0.05) is 48.5 Å². The minimum atomic E-state index is -3.52. The number of benzene rings is 3. The molecule has 8 heteroatoms. The average molecular weight is 468 g/mol. The van der Waals surface area contributed by atoms with Crippen molar-refractivity contribution in [2.75, 3.05) is 18.2 Å². The molecule has 0 aliphatic rings. The predicted molar refractivity (Wildman–Crippen MR) is 125 cm³/mol. The molecule has 0 fully saturated rings. The third-order valence-electron chi connectivity index (χ3n) is 4.87. The molecule has 0 aliphatic carbocycles. The second-order valence-corrected chi connectivity index (χ2v) is 9.38. The second-order valence-electron chi connectivity index (χ2n) is 7.36. The molecule has 0 aromatic heterocycles. The Morgan fingerprint density at radius 1 is 0.970 bits per heavy atom. The zero-order valence-electron chi connectivity index (χ0n) is 18.6. The first-order valence-corrected chi connectivity index (χ1v) is 12.2. The number of carbonyl (C=O) groups is 2. The summed E-state index contributed by atoms with van der Waals surface area (Å²) in [6.45, 7) is 3.92. The molecule has 0 aliphatic heterocycles. The quantitative estimate of drug-likeness (QED) is 0.495. The highest BCUT2D eigenvalue weighted by Crippen LogP contribution is 2.28. The summed E-state index contributed by atoms with van der Waals surface area (Å²) in [4.78, 5) is 26.2. The summed E-state index contributed by atoms with van der Waals surface area (Å²) in [5, 5.41) is 2.76. The van der Waals surface area contributed by atoms with Crippen LogP contribution in [-0.4, -0.2) is 33.2 Å². The van der Waals surface area contributed by atoms with Crippen LogP contribution in [0.25, 0.3) is 0 Å². The van der Waals surface area contributed by atoms with Crippen molar-refractivity contribution in [2.45, 2.75) is 24.8 Å². The Balaban J connectivity index is 1.93. The molecular weight excluding hydrogens is 442 g/mol. The van der Waals surface area contributed by atoms with Gasteiger partial charge in [-0.05, 0) is 43.7 Å². The lowest BCUT2D eigenvalue weighted by molar-refractivity contribution is -0.125. The monoisotopic (exact) mass is 467 g/mol. The Hall–Kier alpha value is -3.65. The van der Waals surface area contributed by atoms with Crippen LogP contribution in [0.1, 0.15) is 34.5 Å². The van der Waals surface area contributed by atoms with E-state index in [2.05, 4.69) is 5.32 Å². The molecule has 0 bridgehead atoms. The summed E-state index contributed by atoms with van der Waals surface area (Å²) in [5.41, 5.74) is 1.51. The van der Waals surface area contributed by atoms with E-state index in [9.17, 15) is 18.0 Å². The fraction of sp³-hybridized carbons (Fsp3) is 0.200. The topological polar surface area (TPSA) is 98.8 Å². The van der Waals surface area contributed by atoms with Gasteiger partial charge in [-0.25, -0.2) is 13.2 Å². The van der Waals surface area contributed by atoms with Crippen LogP contribution in [0.15, 0.2) is 77.7 Å². The Labute approximate surface area is 193 Å². The van der Waals surface area contributed by atoms with Crippen LogP contribution in [0.5, 0.6) is 5.75 Å². The highest BCUT2D eigenvalue weighted by atomic mass is 32.2. The number of aryl methyl sites for hydroxylation is 1. The van der Waals surface area contributed by atoms with Crippen LogP contribution < -0.4 is 10.1 Å². The van der Waals surface area contributed by atoms with Crippen molar-refractivity contribution >= 4 is 27.4 Å². The van der Waals surface area contributed by atoms with Gasteiger partial charge in [0, 0.05) is 11.8 Å². The molecule has 3 aromatic carbocycles. The van der Waals surface area contributed by atoms with Gasteiger partial charge in [0.1, 0.15) is 5.75 Å². The maximum atomic E-state index is 13.2. The molecule has 33 heavy (non-hydrogen) atoms. The lowest BCUT2D eigenvalue weighted by Crippen LogP contribution is -2.26. The summed E-state index contributed by atoms with van der Waals surface area (Å²) in [5.74, 6) is -0.887. The Morgan fingerprint density at radius 3 is 2.30 bits per heavy atom. The van der Waals surface area contributed by atoms with E-state index in [0.717, 1.165) is 6.26 Å². The molecule has 0 saturated heterocycles. The normalized spacial score (nSPS) is 12.0. The van der Waals surface area contributed by atoms with E-state index in [4.69, 9.17) is 9.47 Å². The molecule has 0 saturated carbocycles. The number of sulfone groups is 1. The summed E-state index contributed by atoms with van der Waals surface area (Å²) in [7, 11) is -3.52. The Bertz CT molecular complexity index is 1250. The van der Waals surface area contributed by atoms with Crippen molar-refractivity contribution in [3.05, 3.63) is 89.5 Å². The van der Waals surface area contributed by atoms with E-state index in [1.807, 2.05) is 6.92 Å². The zero-order chi connectivity index (χ0) is 24.0. The number of amides is 1. The summed E-state index contributed by atoms with van der Waals surface area (Å²) < 4.78 is 35.0.